The summed E-state index contributed by atoms with van der Waals surface area (Å²) in [6.45, 7) is 2.38. The second-order valence-corrected chi connectivity index (χ2v) is 4.83. The summed E-state index contributed by atoms with van der Waals surface area (Å²) in [5.74, 6) is 1.02. The van der Waals surface area contributed by atoms with Crippen molar-refractivity contribution in [1.29, 1.82) is 0 Å². The number of benzene rings is 1. The summed E-state index contributed by atoms with van der Waals surface area (Å²) in [7, 11) is 0. The first kappa shape index (κ1) is 10.1. The first-order valence-electron chi connectivity index (χ1n) is 5.94. The minimum Gasteiger partial charge on any atom is -0.493 e. The Morgan fingerprint density at radius 1 is 1.44 bits per heavy atom. The fourth-order valence-corrected chi connectivity index (χ4v) is 2.66. The number of nitrogens with one attached hydrogen (secondary N) is 1. The molecule has 1 unspecified atom stereocenters. The predicted octanol–water partition coefficient (Wildman–Crippen LogP) is 0.888. The molecule has 86 valence electrons. The number of rotatable bonds is 2. The molecular formula is C13H17NO2. The Hall–Kier alpha value is -1.06. The van der Waals surface area contributed by atoms with E-state index in [4.69, 9.17) is 4.74 Å². The fourth-order valence-electron chi connectivity index (χ4n) is 2.66. The Balaban J connectivity index is 1.87. The van der Waals surface area contributed by atoms with Crippen molar-refractivity contribution in [2.75, 3.05) is 19.7 Å². The van der Waals surface area contributed by atoms with Crippen molar-refractivity contribution in [1.82, 2.24) is 5.32 Å². The summed E-state index contributed by atoms with van der Waals surface area (Å²) in [5, 5.41) is 13.6. The molecule has 1 atom stereocenters. The summed E-state index contributed by atoms with van der Waals surface area (Å²) in [6, 6.07) is 6.25. The van der Waals surface area contributed by atoms with Gasteiger partial charge in [0.05, 0.1) is 12.2 Å². The Morgan fingerprint density at radius 3 is 3.19 bits per heavy atom. The second-order valence-electron chi connectivity index (χ2n) is 4.83. The Labute approximate surface area is 95.4 Å². The summed E-state index contributed by atoms with van der Waals surface area (Å²) in [5.41, 5.74) is 1.86. The molecule has 3 nitrogen and oxygen atoms in total. The van der Waals surface area contributed by atoms with Gasteiger partial charge in [-0.3, -0.25) is 0 Å². The highest BCUT2D eigenvalue weighted by Gasteiger charge is 2.32. The molecule has 0 aliphatic carbocycles. The Morgan fingerprint density at radius 2 is 2.38 bits per heavy atom. The van der Waals surface area contributed by atoms with Gasteiger partial charge in [0, 0.05) is 19.4 Å². The molecule has 0 spiro atoms. The zero-order chi connectivity index (χ0) is 11.0. The highest BCUT2D eigenvalue weighted by Crippen LogP contribution is 2.33. The molecule has 0 amide bonds. The normalized spacial score (nSPS) is 27.8. The number of para-hydroxylation sites is 1. The van der Waals surface area contributed by atoms with Crippen LogP contribution in [0.4, 0.5) is 0 Å². The van der Waals surface area contributed by atoms with Gasteiger partial charge in [-0.25, -0.2) is 0 Å². The van der Waals surface area contributed by atoms with Gasteiger partial charge >= 0.3 is 0 Å². The molecular weight excluding hydrogens is 202 g/mol. The third kappa shape index (κ3) is 1.70. The van der Waals surface area contributed by atoms with E-state index in [0.717, 1.165) is 37.3 Å². The summed E-state index contributed by atoms with van der Waals surface area (Å²) in [4.78, 5) is 0. The maximum absolute atomic E-state index is 10.4. The van der Waals surface area contributed by atoms with Crippen LogP contribution in [0.1, 0.15) is 17.5 Å². The lowest BCUT2D eigenvalue weighted by Crippen LogP contribution is -2.33. The molecule has 1 aromatic carbocycles. The largest absolute Gasteiger partial charge is 0.493 e. The molecule has 1 fully saturated rings. The number of β-amino-alcohol motifs (C(OH)–C–C–N with tert-alkyl or cyclic N) is 1. The minimum atomic E-state index is -0.582. The summed E-state index contributed by atoms with van der Waals surface area (Å²) in [6.07, 6.45) is 2.53. The van der Waals surface area contributed by atoms with E-state index in [0.29, 0.717) is 13.0 Å². The van der Waals surface area contributed by atoms with Gasteiger partial charge < -0.3 is 15.2 Å². The molecule has 0 saturated carbocycles. The first-order valence-corrected chi connectivity index (χ1v) is 5.94. The number of ether oxygens (including phenoxy) is 1. The molecule has 3 rings (SSSR count). The van der Waals surface area contributed by atoms with Gasteiger partial charge in [0.15, 0.2) is 0 Å². The van der Waals surface area contributed by atoms with Crippen LogP contribution in [-0.4, -0.2) is 30.4 Å². The van der Waals surface area contributed by atoms with Gasteiger partial charge in [-0.05, 0) is 24.1 Å². The van der Waals surface area contributed by atoms with Gasteiger partial charge in [0.1, 0.15) is 5.75 Å². The maximum atomic E-state index is 10.4. The van der Waals surface area contributed by atoms with E-state index in [9.17, 15) is 5.11 Å². The zero-order valence-corrected chi connectivity index (χ0v) is 9.33. The lowest BCUT2D eigenvalue weighted by atomic mass is 9.92. The SMILES string of the molecule is OC1(Cc2cccc3c2OCC3)CCNC1. The molecule has 1 saturated heterocycles. The minimum absolute atomic E-state index is 0.582. The van der Waals surface area contributed by atoms with Crippen LogP contribution >= 0.6 is 0 Å². The van der Waals surface area contributed by atoms with E-state index in [1.165, 1.54) is 5.56 Å². The molecule has 3 heteroatoms. The number of hydrogen-bond donors (Lipinski definition) is 2. The van der Waals surface area contributed by atoms with E-state index in [2.05, 4.69) is 23.5 Å². The van der Waals surface area contributed by atoms with Crippen molar-refractivity contribution in [3.8, 4) is 5.75 Å². The molecule has 2 aliphatic rings. The standard InChI is InChI=1S/C13H17NO2/c15-13(5-6-14-9-13)8-11-3-1-2-10-4-7-16-12(10)11/h1-3,14-15H,4-9H2. The summed E-state index contributed by atoms with van der Waals surface area (Å²) >= 11 is 0. The van der Waals surface area contributed by atoms with Crippen LogP contribution in [0, 0.1) is 0 Å². The molecule has 0 radical (unpaired) electrons. The smallest absolute Gasteiger partial charge is 0.125 e. The van der Waals surface area contributed by atoms with Crippen molar-refractivity contribution >= 4 is 0 Å². The van der Waals surface area contributed by atoms with E-state index < -0.39 is 5.60 Å². The van der Waals surface area contributed by atoms with Crippen LogP contribution in [0.3, 0.4) is 0 Å². The first-order chi connectivity index (χ1) is 7.77. The Bertz CT molecular complexity index is 397. The monoisotopic (exact) mass is 219 g/mol. The predicted molar refractivity (Wildman–Crippen MR) is 61.8 cm³/mol. The van der Waals surface area contributed by atoms with E-state index >= 15 is 0 Å². The van der Waals surface area contributed by atoms with E-state index in [1.807, 2.05) is 0 Å². The highest BCUT2D eigenvalue weighted by molar-refractivity contribution is 5.44. The van der Waals surface area contributed by atoms with Crippen LogP contribution in [0.25, 0.3) is 0 Å². The molecule has 16 heavy (non-hydrogen) atoms. The van der Waals surface area contributed by atoms with Gasteiger partial charge in [-0.1, -0.05) is 18.2 Å². The molecule has 2 heterocycles. The molecule has 0 aromatic heterocycles. The quantitative estimate of drug-likeness (QED) is 0.776. The van der Waals surface area contributed by atoms with Crippen molar-refractivity contribution in [2.45, 2.75) is 24.9 Å². The van der Waals surface area contributed by atoms with Gasteiger partial charge in [-0.2, -0.15) is 0 Å². The third-order valence-corrected chi connectivity index (χ3v) is 3.54. The van der Waals surface area contributed by atoms with E-state index in [-0.39, 0.29) is 0 Å². The molecule has 0 bridgehead atoms. The fraction of sp³-hybridized carbons (Fsp3) is 0.538. The van der Waals surface area contributed by atoms with E-state index in [1.54, 1.807) is 0 Å². The van der Waals surface area contributed by atoms with Crippen molar-refractivity contribution < 1.29 is 9.84 Å². The topological polar surface area (TPSA) is 41.5 Å². The number of hydrogen-bond acceptors (Lipinski definition) is 3. The average Bonchev–Trinajstić information content (AvgIpc) is 2.87. The maximum Gasteiger partial charge on any atom is 0.125 e. The van der Waals surface area contributed by atoms with Crippen molar-refractivity contribution in [3.63, 3.8) is 0 Å². The van der Waals surface area contributed by atoms with Gasteiger partial charge in [0.2, 0.25) is 0 Å². The van der Waals surface area contributed by atoms with Crippen LogP contribution < -0.4 is 10.1 Å². The van der Waals surface area contributed by atoms with Crippen molar-refractivity contribution in [2.24, 2.45) is 0 Å². The average molecular weight is 219 g/mol. The lowest BCUT2D eigenvalue weighted by Gasteiger charge is -2.22. The highest BCUT2D eigenvalue weighted by atomic mass is 16.5. The van der Waals surface area contributed by atoms with Crippen LogP contribution in [0.5, 0.6) is 5.75 Å². The van der Waals surface area contributed by atoms with Gasteiger partial charge in [-0.15, -0.1) is 0 Å². The lowest BCUT2D eigenvalue weighted by molar-refractivity contribution is 0.0612. The van der Waals surface area contributed by atoms with Crippen LogP contribution in [0.15, 0.2) is 18.2 Å². The molecule has 2 N–H and O–H groups in total. The third-order valence-electron chi connectivity index (χ3n) is 3.54. The Kier molecular flexibility index (Phi) is 2.37. The number of aliphatic hydroxyl groups is 1. The molecule has 1 aromatic rings. The van der Waals surface area contributed by atoms with Gasteiger partial charge in [0.25, 0.3) is 0 Å². The van der Waals surface area contributed by atoms with Crippen LogP contribution in [0.2, 0.25) is 0 Å². The summed E-state index contributed by atoms with van der Waals surface area (Å²) < 4.78 is 5.65. The van der Waals surface area contributed by atoms with Crippen LogP contribution in [-0.2, 0) is 12.8 Å². The molecule has 2 aliphatic heterocycles. The zero-order valence-electron chi connectivity index (χ0n) is 9.33. The number of fused-ring (bicyclic) bond motifs is 1. The van der Waals surface area contributed by atoms with Crippen molar-refractivity contribution in [3.05, 3.63) is 29.3 Å². The second kappa shape index (κ2) is 3.75.